The van der Waals surface area contributed by atoms with Gasteiger partial charge in [0.2, 0.25) is 0 Å². The standard InChI is InChI=1S/C18H13FO2/c1-12-2-6-14(7-3-12)17-11-15(18(20)21-17)10-13-4-8-16(19)9-5-13/h2-11H,1H3/b15-10+. The van der Waals surface area contributed by atoms with Gasteiger partial charge in [-0.05, 0) is 36.8 Å². The predicted molar refractivity (Wildman–Crippen MR) is 79.6 cm³/mol. The second kappa shape index (κ2) is 5.37. The van der Waals surface area contributed by atoms with Crippen LogP contribution in [-0.2, 0) is 9.53 Å². The van der Waals surface area contributed by atoms with E-state index in [1.165, 1.54) is 12.1 Å². The molecule has 21 heavy (non-hydrogen) atoms. The van der Waals surface area contributed by atoms with Crippen molar-refractivity contribution in [3.63, 3.8) is 0 Å². The van der Waals surface area contributed by atoms with Gasteiger partial charge in [0.15, 0.2) is 0 Å². The molecule has 3 heteroatoms. The van der Waals surface area contributed by atoms with Gasteiger partial charge in [-0.3, -0.25) is 0 Å². The van der Waals surface area contributed by atoms with Gasteiger partial charge in [-0.15, -0.1) is 0 Å². The van der Waals surface area contributed by atoms with Crippen molar-refractivity contribution in [3.8, 4) is 0 Å². The Labute approximate surface area is 122 Å². The first-order valence-electron chi connectivity index (χ1n) is 6.60. The van der Waals surface area contributed by atoms with Crippen LogP contribution in [0.4, 0.5) is 4.39 Å². The predicted octanol–water partition coefficient (Wildman–Crippen LogP) is 4.12. The van der Waals surface area contributed by atoms with E-state index in [9.17, 15) is 9.18 Å². The Balaban J connectivity index is 1.91. The van der Waals surface area contributed by atoms with Crippen molar-refractivity contribution in [2.45, 2.75) is 6.92 Å². The average molecular weight is 280 g/mol. The maximum atomic E-state index is 12.9. The number of aryl methyl sites for hydroxylation is 1. The fourth-order valence-corrected chi connectivity index (χ4v) is 2.09. The summed E-state index contributed by atoms with van der Waals surface area (Å²) in [6.07, 6.45) is 3.39. The van der Waals surface area contributed by atoms with Crippen LogP contribution in [0.1, 0.15) is 16.7 Å². The molecular formula is C18H13FO2. The number of hydrogen-bond acceptors (Lipinski definition) is 2. The van der Waals surface area contributed by atoms with Crippen molar-refractivity contribution < 1.29 is 13.9 Å². The van der Waals surface area contributed by atoms with Gasteiger partial charge in [0.25, 0.3) is 0 Å². The molecule has 2 aromatic carbocycles. The second-order valence-electron chi connectivity index (χ2n) is 4.92. The topological polar surface area (TPSA) is 26.3 Å². The van der Waals surface area contributed by atoms with Gasteiger partial charge in [0.05, 0.1) is 5.57 Å². The molecule has 0 aromatic heterocycles. The van der Waals surface area contributed by atoms with E-state index in [1.54, 1.807) is 24.3 Å². The van der Waals surface area contributed by atoms with Gasteiger partial charge in [-0.2, -0.15) is 0 Å². The van der Waals surface area contributed by atoms with E-state index in [0.717, 1.165) is 16.7 Å². The van der Waals surface area contributed by atoms with Gasteiger partial charge >= 0.3 is 5.97 Å². The number of carbonyl (C=O) groups excluding carboxylic acids is 1. The highest BCUT2D eigenvalue weighted by molar-refractivity contribution is 6.05. The lowest BCUT2D eigenvalue weighted by molar-refractivity contribution is -0.130. The van der Waals surface area contributed by atoms with E-state index >= 15 is 0 Å². The minimum Gasteiger partial charge on any atom is -0.422 e. The van der Waals surface area contributed by atoms with Crippen LogP contribution in [-0.4, -0.2) is 5.97 Å². The Kier molecular flexibility index (Phi) is 3.40. The number of benzene rings is 2. The smallest absolute Gasteiger partial charge is 0.343 e. The van der Waals surface area contributed by atoms with Crippen LogP contribution in [0, 0.1) is 12.7 Å². The third-order valence-corrected chi connectivity index (χ3v) is 3.25. The Morgan fingerprint density at radius 3 is 2.33 bits per heavy atom. The zero-order valence-corrected chi connectivity index (χ0v) is 11.5. The molecule has 0 radical (unpaired) electrons. The molecule has 104 valence electrons. The molecule has 0 unspecified atom stereocenters. The van der Waals surface area contributed by atoms with Gasteiger partial charge < -0.3 is 4.74 Å². The van der Waals surface area contributed by atoms with Crippen molar-refractivity contribution in [1.29, 1.82) is 0 Å². The number of carbonyl (C=O) groups is 1. The summed E-state index contributed by atoms with van der Waals surface area (Å²) in [7, 11) is 0. The lowest BCUT2D eigenvalue weighted by atomic mass is 10.1. The van der Waals surface area contributed by atoms with Gasteiger partial charge in [0.1, 0.15) is 11.6 Å². The molecule has 2 aromatic rings. The number of rotatable bonds is 2. The Morgan fingerprint density at radius 2 is 1.67 bits per heavy atom. The summed E-state index contributed by atoms with van der Waals surface area (Å²) in [4.78, 5) is 11.9. The Hall–Kier alpha value is -2.68. The lowest BCUT2D eigenvalue weighted by Crippen LogP contribution is -1.97. The van der Waals surface area contributed by atoms with Crippen LogP contribution in [0.5, 0.6) is 0 Å². The molecular weight excluding hydrogens is 267 g/mol. The van der Waals surface area contributed by atoms with Crippen molar-refractivity contribution in [3.05, 3.63) is 82.7 Å². The molecule has 1 aliphatic heterocycles. The summed E-state index contributed by atoms with van der Waals surface area (Å²) in [5, 5.41) is 0. The van der Waals surface area contributed by atoms with Crippen LogP contribution in [0.2, 0.25) is 0 Å². The molecule has 0 saturated carbocycles. The normalized spacial score (nSPS) is 16.0. The summed E-state index contributed by atoms with van der Waals surface area (Å²) in [6, 6.07) is 13.7. The maximum absolute atomic E-state index is 12.9. The molecule has 3 rings (SSSR count). The average Bonchev–Trinajstić information content (AvgIpc) is 2.83. The fourth-order valence-electron chi connectivity index (χ4n) is 2.09. The molecule has 1 heterocycles. The molecule has 0 atom stereocenters. The highest BCUT2D eigenvalue weighted by Crippen LogP contribution is 2.27. The highest BCUT2D eigenvalue weighted by Gasteiger charge is 2.21. The van der Waals surface area contributed by atoms with Crippen LogP contribution in [0.15, 0.2) is 60.2 Å². The molecule has 0 aliphatic carbocycles. The number of hydrogen-bond donors (Lipinski definition) is 0. The first kappa shape index (κ1) is 13.3. The minimum atomic E-state index is -0.394. The molecule has 0 fully saturated rings. The minimum absolute atomic E-state index is 0.304. The lowest BCUT2D eigenvalue weighted by Gasteiger charge is -2.01. The Morgan fingerprint density at radius 1 is 1.00 bits per heavy atom. The number of esters is 1. The van der Waals surface area contributed by atoms with Crippen molar-refractivity contribution in [2.75, 3.05) is 0 Å². The summed E-state index contributed by atoms with van der Waals surface area (Å²) < 4.78 is 18.1. The molecule has 0 N–H and O–H groups in total. The number of ether oxygens (including phenoxy) is 1. The van der Waals surface area contributed by atoms with Crippen LogP contribution in [0.25, 0.3) is 11.8 Å². The van der Waals surface area contributed by atoms with E-state index in [-0.39, 0.29) is 5.82 Å². The first-order valence-corrected chi connectivity index (χ1v) is 6.60. The fraction of sp³-hybridized carbons (Fsp3) is 0.0556. The van der Waals surface area contributed by atoms with Crippen molar-refractivity contribution in [1.82, 2.24) is 0 Å². The molecule has 0 amide bonds. The van der Waals surface area contributed by atoms with Gasteiger partial charge in [-0.1, -0.05) is 42.0 Å². The Bertz CT molecular complexity index is 738. The van der Waals surface area contributed by atoms with E-state index in [4.69, 9.17) is 4.74 Å². The third kappa shape index (κ3) is 2.92. The van der Waals surface area contributed by atoms with Crippen LogP contribution >= 0.6 is 0 Å². The van der Waals surface area contributed by atoms with Gasteiger partial charge in [0, 0.05) is 5.56 Å². The zero-order valence-electron chi connectivity index (χ0n) is 11.5. The van der Waals surface area contributed by atoms with Crippen LogP contribution in [0.3, 0.4) is 0 Å². The SMILES string of the molecule is Cc1ccc(C2=C/C(=C\c3ccc(F)cc3)C(=O)O2)cc1. The van der Waals surface area contributed by atoms with Crippen molar-refractivity contribution in [2.24, 2.45) is 0 Å². The van der Waals surface area contributed by atoms with E-state index in [0.29, 0.717) is 11.3 Å². The molecule has 0 bridgehead atoms. The zero-order chi connectivity index (χ0) is 14.8. The van der Waals surface area contributed by atoms with Gasteiger partial charge in [-0.25, -0.2) is 9.18 Å². The van der Waals surface area contributed by atoms with E-state index < -0.39 is 5.97 Å². The summed E-state index contributed by atoms with van der Waals surface area (Å²) in [5.74, 6) is -0.162. The number of halogens is 1. The third-order valence-electron chi connectivity index (χ3n) is 3.25. The monoisotopic (exact) mass is 280 g/mol. The first-order chi connectivity index (χ1) is 10.1. The number of cyclic esters (lactones) is 1. The molecule has 2 nitrogen and oxygen atoms in total. The largest absolute Gasteiger partial charge is 0.422 e. The summed E-state index contributed by atoms with van der Waals surface area (Å²) in [6.45, 7) is 2.00. The van der Waals surface area contributed by atoms with E-state index in [1.807, 2.05) is 31.2 Å². The van der Waals surface area contributed by atoms with E-state index in [2.05, 4.69) is 0 Å². The molecule has 1 aliphatic rings. The van der Waals surface area contributed by atoms with Crippen molar-refractivity contribution >= 4 is 17.8 Å². The molecule has 0 spiro atoms. The maximum Gasteiger partial charge on any atom is 0.343 e. The highest BCUT2D eigenvalue weighted by atomic mass is 19.1. The molecule has 0 saturated heterocycles. The summed E-state index contributed by atoms with van der Waals surface area (Å²) in [5.41, 5.74) is 3.21. The van der Waals surface area contributed by atoms with Crippen LogP contribution < -0.4 is 0 Å². The second-order valence-corrected chi connectivity index (χ2v) is 4.92. The summed E-state index contributed by atoms with van der Waals surface area (Å²) >= 11 is 0. The quantitative estimate of drug-likeness (QED) is 0.611.